The zero-order chi connectivity index (χ0) is 11.4. The van der Waals surface area contributed by atoms with Crippen LogP contribution in [0.2, 0.25) is 0 Å². The smallest absolute Gasteiger partial charge is 0.188 e. The Morgan fingerprint density at radius 3 is 2.65 bits per heavy atom. The van der Waals surface area contributed by atoms with Crippen LogP contribution in [0.25, 0.3) is 0 Å². The summed E-state index contributed by atoms with van der Waals surface area (Å²) in [5.41, 5.74) is 5.62. The highest BCUT2D eigenvalue weighted by Crippen LogP contribution is 2.24. The monoisotopic (exact) mass is 355 g/mol. The average molecular weight is 355 g/mol. The van der Waals surface area contributed by atoms with Gasteiger partial charge >= 0.3 is 0 Å². The minimum Gasteiger partial charge on any atom is -0.381 e. The third-order valence-corrected chi connectivity index (χ3v) is 3.30. The fourth-order valence-corrected chi connectivity index (χ4v) is 1.88. The molecule has 0 spiro atoms. The highest BCUT2D eigenvalue weighted by atomic mass is 127. The molecule has 1 saturated carbocycles. The summed E-state index contributed by atoms with van der Waals surface area (Å²) in [5, 5.41) is 3.18. The summed E-state index contributed by atoms with van der Waals surface area (Å²) in [4.78, 5) is 4.37. The van der Waals surface area contributed by atoms with Gasteiger partial charge in [-0.2, -0.15) is 0 Å². The molecule has 0 aromatic carbocycles. The van der Waals surface area contributed by atoms with Crippen molar-refractivity contribution < 1.29 is 9.47 Å². The Hall–Kier alpha value is -0.0800. The van der Waals surface area contributed by atoms with Gasteiger partial charge in [-0.1, -0.05) is 0 Å². The van der Waals surface area contributed by atoms with E-state index < -0.39 is 0 Å². The van der Waals surface area contributed by atoms with E-state index in [0.29, 0.717) is 18.5 Å². The quantitative estimate of drug-likeness (QED) is 0.446. The van der Waals surface area contributed by atoms with Gasteiger partial charge in [0.15, 0.2) is 5.96 Å². The van der Waals surface area contributed by atoms with Crippen LogP contribution in [0.4, 0.5) is 0 Å². The van der Waals surface area contributed by atoms with Gasteiger partial charge in [0.05, 0.1) is 12.1 Å². The van der Waals surface area contributed by atoms with Gasteiger partial charge in [-0.25, -0.2) is 0 Å². The molecule has 1 aliphatic carbocycles. The summed E-state index contributed by atoms with van der Waals surface area (Å²) in [7, 11) is 1.74. The van der Waals surface area contributed by atoms with Gasteiger partial charge in [0, 0.05) is 39.2 Å². The largest absolute Gasteiger partial charge is 0.381 e. The predicted molar refractivity (Wildman–Crippen MR) is 77.9 cm³/mol. The van der Waals surface area contributed by atoms with Gasteiger partial charge in [0.25, 0.3) is 0 Å². The van der Waals surface area contributed by atoms with Gasteiger partial charge in [-0.15, -0.1) is 24.0 Å². The van der Waals surface area contributed by atoms with Gasteiger partial charge in [-0.05, 0) is 12.8 Å². The van der Waals surface area contributed by atoms with Crippen LogP contribution in [0.15, 0.2) is 4.99 Å². The lowest BCUT2D eigenvalue weighted by molar-refractivity contribution is -0.0828. The zero-order valence-electron chi connectivity index (χ0n) is 10.3. The van der Waals surface area contributed by atoms with Gasteiger partial charge < -0.3 is 20.5 Å². The lowest BCUT2D eigenvalue weighted by Crippen LogP contribution is -2.43. The Morgan fingerprint density at radius 2 is 2.12 bits per heavy atom. The van der Waals surface area contributed by atoms with Crippen LogP contribution >= 0.6 is 24.0 Å². The molecule has 1 saturated heterocycles. The van der Waals surface area contributed by atoms with Crippen molar-refractivity contribution in [3.05, 3.63) is 0 Å². The van der Waals surface area contributed by atoms with E-state index in [-0.39, 0.29) is 29.6 Å². The van der Waals surface area contributed by atoms with E-state index in [1.54, 1.807) is 7.11 Å². The van der Waals surface area contributed by atoms with Crippen molar-refractivity contribution in [3.8, 4) is 0 Å². The Balaban J connectivity index is 0.00000144. The minimum atomic E-state index is -0.173. The molecule has 0 radical (unpaired) electrons. The number of aliphatic imine (C=N–C) groups is 1. The topological polar surface area (TPSA) is 68.9 Å². The maximum absolute atomic E-state index is 5.80. The zero-order valence-corrected chi connectivity index (χ0v) is 12.6. The molecule has 17 heavy (non-hydrogen) atoms. The van der Waals surface area contributed by atoms with Crippen molar-refractivity contribution in [2.45, 2.75) is 37.3 Å². The van der Waals surface area contributed by atoms with Crippen LogP contribution in [0, 0.1) is 0 Å². The van der Waals surface area contributed by atoms with Gasteiger partial charge in [0.1, 0.15) is 0 Å². The van der Waals surface area contributed by atoms with Crippen LogP contribution in [-0.4, -0.2) is 44.5 Å². The predicted octanol–water partition coefficient (Wildman–Crippen LogP) is 0.867. The van der Waals surface area contributed by atoms with Gasteiger partial charge in [0.2, 0.25) is 0 Å². The highest BCUT2D eigenvalue weighted by molar-refractivity contribution is 14.0. The van der Waals surface area contributed by atoms with Crippen LogP contribution in [0.5, 0.6) is 0 Å². The van der Waals surface area contributed by atoms with Gasteiger partial charge in [-0.3, -0.25) is 4.99 Å². The van der Waals surface area contributed by atoms with E-state index in [4.69, 9.17) is 15.2 Å². The standard InChI is InChI=1S/C11H21N3O2.HI/c1-15-11(4-6-16-7-5-11)8-13-10(12)14-9-2-3-9;/h9H,2-8H2,1H3,(H3,12,13,14);1H. The molecule has 100 valence electrons. The molecule has 0 unspecified atom stereocenters. The van der Waals surface area contributed by atoms with Crippen molar-refractivity contribution in [1.29, 1.82) is 0 Å². The molecule has 0 amide bonds. The molecule has 5 nitrogen and oxygen atoms in total. The maximum atomic E-state index is 5.80. The van der Waals surface area contributed by atoms with Crippen LogP contribution in [0.3, 0.4) is 0 Å². The molecule has 2 fully saturated rings. The molecule has 0 bridgehead atoms. The molecule has 0 aromatic rings. The lowest BCUT2D eigenvalue weighted by atomic mass is 9.94. The van der Waals surface area contributed by atoms with E-state index in [0.717, 1.165) is 26.1 Å². The summed E-state index contributed by atoms with van der Waals surface area (Å²) in [6, 6.07) is 0.553. The van der Waals surface area contributed by atoms with E-state index in [1.165, 1.54) is 12.8 Å². The summed E-state index contributed by atoms with van der Waals surface area (Å²) >= 11 is 0. The summed E-state index contributed by atoms with van der Waals surface area (Å²) < 4.78 is 10.9. The highest BCUT2D eigenvalue weighted by Gasteiger charge is 2.32. The second-order valence-electron chi connectivity index (χ2n) is 4.62. The number of nitrogens with one attached hydrogen (secondary N) is 1. The number of ether oxygens (including phenoxy) is 2. The first-order valence-corrected chi connectivity index (χ1v) is 5.93. The van der Waals surface area contributed by atoms with Crippen molar-refractivity contribution in [1.82, 2.24) is 5.32 Å². The number of halogens is 1. The Labute approximate surface area is 120 Å². The third-order valence-electron chi connectivity index (χ3n) is 3.30. The first-order chi connectivity index (χ1) is 7.74. The van der Waals surface area contributed by atoms with E-state index in [1.807, 2.05) is 0 Å². The van der Waals surface area contributed by atoms with Crippen molar-refractivity contribution >= 4 is 29.9 Å². The van der Waals surface area contributed by atoms with E-state index in [2.05, 4.69) is 10.3 Å². The molecule has 2 aliphatic rings. The van der Waals surface area contributed by atoms with Crippen molar-refractivity contribution in [3.63, 3.8) is 0 Å². The fraction of sp³-hybridized carbons (Fsp3) is 0.909. The third kappa shape index (κ3) is 4.59. The molecule has 1 heterocycles. The van der Waals surface area contributed by atoms with Crippen LogP contribution in [0.1, 0.15) is 25.7 Å². The lowest BCUT2D eigenvalue weighted by Gasteiger charge is -2.34. The van der Waals surface area contributed by atoms with Crippen molar-refractivity contribution in [2.24, 2.45) is 10.7 Å². The number of hydrogen-bond acceptors (Lipinski definition) is 3. The first kappa shape index (κ1) is 15.0. The Morgan fingerprint density at radius 1 is 1.47 bits per heavy atom. The SMILES string of the molecule is COC1(CN=C(N)NC2CC2)CCOCC1.I. The average Bonchev–Trinajstić information content (AvgIpc) is 3.12. The van der Waals surface area contributed by atoms with Crippen LogP contribution < -0.4 is 11.1 Å². The molecule has 3 N–H and O–H groups in total. The molecular weight excluding hydrogens is 333 g/mol. The Bertz CT molecular complexity index is 263. The Kier molecular flexibility index (Phi) is 5.94. The molecule has 1 aliphatic heterocycles. The minimum absolute atomic E-state index is 0. The number of nitrogens with zero attached hydrogens (tertiary/aromatic N) is 1. The number of guanidine groups is 1. The molecule has 6 heteroatoms. The second kappa shape index (κ2) is 6.75. The number of hydrogen-bond donors (Lipinski definition) is 2. The molecular formula is C11H22IN3O2. The second-order valence-corrected chi connectivity index (χ2v) is 4.62. The summed E-state index contributed by atoms with van der Waals surface area (Å²) in [6.45, 7) is 2.12. The number of nitrogens with two attached hydrogens (primary N) is 1. The van der Waals surface area contributed by atoms with E-state index >= 15 is 0 Å². The molecule has 0 aromatic heterocycles. The molecule has 2 rings (SSSR count). The summed E-state index contributed by atoms with van der Waals surface area (Å²) in [6.07, 6.45) is 4.20. The normalized spacial score (nSPS) is 23.9. The van der Waals surface area contributed by atoms with E-state index in [9.17, 15) is 0 Å². The van der Waals surface area contributed by atoms with Crippen LogP contribution in [-0.2, 0) is 9.47 Å². The molecule has 0 atom stereocenters. The fourth-order valence-electron chi connectivity index (χ4n) is 1.88. The number of methoxy groups -OCH3 is 1. The maximum Gasteiger partial charge on any atom is 0.188 e. The first-order valence-electron chi connectivity index (χ1n) is 5.93. The number of rotatable bonds is 4. The summed E-state index contributed by atoms with van der Waals surface area (Å²) in [5.74, 6) is 0.547. The van der Waals surface area contributed by atoms with Crippen molar-refractivity contribution in [2.75, 3.05) is 26.9 Å².